The first-order valence-electron chi connectivity index (χ1n) is 19.9. The van der Waals surface area contributed by atoms with E-state index in [1.165, 1.54) is 128 Å². The van der Waals surface area contributed by atoms with Crippen LogP contribution in [0.4, 0.5) is 0 Å². The Morgan fingerprint density at radius 3 is 1.31 bits per heavy atom. The molecule has 2 unspecified atom stereocenters. The van der Waals surface area contributed by atoms with Gasteiger partial charge in [-0.15, -0.1) is 0 Å². The highest BCUT2D eigenvalue weighted by Gasteiger charge is 2.37. The lowest BCUT2D eigenvalue weighted by atomic mass is 10.0. The van der Waals surface area contributed by atoms with E-state index in [-0.39, 0.29) is 17.2 Å². The number of aliphatic hydroxyl groups excluding tert-OH is 2. The molecule has 0 bridgehead atoms. The number of hydrogen-bond donors (Lipinski definition) is 2. The molecule has 0 fully saturated rings. The minimum Gasteiger partial charge on any atom is -0.416 e. The Balaban J connectivity index is 4.33. The summed E-state index contributed by atoms with van der Waals surface area (Å²) in [5.41, 5.74) is 0. The van der Waals surface area contributed by atoms with E-state index in [4.69, 9.17) is 4.43 Å². The summed E-state index contributed by atoms with van der Waals surface area (Å²) in [6.07, 6.45) is 34.4. The van der Waals surface area contributed by atoms with Crippen LogP contribution in [0.1, 0.15) is 189 Å². The van der Waals surface area contributed by atoms with Crippen molar-refractivity contribution < 1.29 is 14.6 Å². The third-order valence-electron chi connectivity index (χ3n) is 10.1. The predicted molar refractivity (Wildman–Crippen MR) is 203 cm³/mol. The zero-order valence-electron chi connectivity index (χ0n) is 31.9. The molecule has 0 aliphatic heterocycles. The Bertz CT molecular complexity index is 648. The number of unbranched alkanes of at least 4 members (excludes halogenated alkanes) is 19. The third kappa shape index (κ3) is 28.5. The standard InChI is InChI=1S/C40H83NO3Si/c1-8-10-12-14-16-18-20-21-22-23-25-27-29-31-33-39(43)37-41(34-35-44-45(6,7)40(3,4)5)36-38(42)32-30-28-26-24-19-17-15-13-11-9-2/h21-22,38-39,42-43H,8-20,23-37H2,1-7H3/b22-21-. The van der Waals surface area contributed by atoms with Crippen molar-refractivity contribution in [1.29, 1.82) is 0 Å². The fourth-order valence-electron chi connectivity index (χ4n) is 5.82. The Hall–Kier alpha value is -0.203. The van der Waals surface area contributed by atoms with Gasteiger partial charge in [0.1, 0.15) is 0 Å². The Morgan fingerprint density at radius 2 is 0.933 bits per heavy atom. The van der Waals surface area contributed by atoms with Crippen molar-refractivity contribution >= 4 is 8.32 Å². The highest BCUT2D eigenvalue weighted by molar-refractivity contribution is 6.74. The van der Waals surface area contributed by atoms with Crippen LogP contribution in [-0.4, -0.2) is 61.9 Å². The molecule has 0 amide bonds. The van der Waals surface area contributed by atoms with E-state index in [1.807, 2.05) is 0 Å². The molecular formula is C40H83NO3Si. The van der Waals surface area contributed by atoms with E-state index >= 15 is 0 Å². The van der Waals surface area contributed by atoms with E-state index in [2.05, 4.69) is 64.8 Å². The Labute approximate surface area is 284 Å². The fourth-order valence-corrected chi connectivity index (χ4v) is 6.86. The highest BCUT2D eigenvalue weighted by atomic mass is 28.4. The predicted octanol–water partition coefficient (Wildman–Crippen LogP) is 12.0. The van der Waals surface area contributed by atoms with Gasteiger partial charge >= 0.3 is 0 Å². The van der Waals surface area contributed by atoms with E-state index in [9.17, 15) is 10.2 Å². The Morgan fingerprint density at radius 1 is 0.578 bits per heavy atom. The van der Waals surface area contributed by atoms with Gasteiger partial charge < -0.3 is 14.6 Å². The minimum atomic E-state index is -1.81. The molecule has 0 aliphatic carbocycles. The molecule has 5 heteroatoms. The van der Waals surface area contributed by atoms with Crippen LogP contribution in [0.3, 0.4) is 0 Å². The highest BCUT2D eigenvalue weighted by Crippen LogP contribution is 2.36. The second-order valence-electron chi connectivity index (χ2n) is 15.7. The largest absolute Gasteiger partial charge is 0.416 e. The summed E-state index contributed by atoms with van der Waals surface area (Å²) in [6.45, 7) is 18.7. The molecule has 0 heterocycles. The summed E-state index contributed by atoms with van der Waals surface area (Å²) in [4.78, 5) is 2.27. The van der Waals surface area contributed by atoms with E-state index in [1.54, 1.807) is 0 Å². The van der Waals surface area contributed by atoms with Crippen LogP contribution < -0.4 is 0 Å². The topological polar surface area (TPSA) is 52.9 Å². The van der Waals surface area contributed by atoms with Crippen molar-refractivity contribution in [3.8, 4) is 0 Å². The summed E-state index contributed by atoms with van der Waals surface area (Å²) in [5, 5.41) is 22.0. The van der Waals surface area contributed by atoms with Gasteiger partial charge in [-0.2, -0.15) is 0 Å². The van der Waals surface area contributed by atoms with Gasteiger partial charge in [0.2, 0.25) is 0 Å². The molecule has 0 aromatic carbocycles. The van der Waals surface area contributed by atoms with Crippen LogP contribution >= 0.6 is 0 Å². The summed E-state index contributed by atoms with van der Waals surface area (Å²) < 4.78 is 6.47. The normalized spacial score (nSPS) is 14.2. The fraction of sp³-hybridized carbons (Fsp3) is 0.950. The molecule has 0 rings (SSSR count). The molecule has 0 aromatic heterocycles. The van der Waals surface area contributed by atoms with Gasteiger partial charge in [0.25, 0.3) is 0 Å². The monoisotopic (exact) mass is 654 g/mol. The molecule has 0 radical (unpaired) electrons. The molecule has 45 heavy (non-hydrogen) atoms. The number of hydrogen-bond acceptors (Lipinski definition) is 4. The van der Waals surface area contributed by atoms with E-state index in [0.717, 1.165) is 32.2 Å². The summed E-state index contributed by atoms with van der Waals surface area (Å²) in [7, 11) is -1.81. The smallest absolute Gasteiger partial charge is 0.192 e. The molecule has 0 spiro atoms. The van der Waals surface area contributed by atoms with Gasteiger partial charge in [0.15, 0.2) is 8.32 Å². The van der Waals surface area contributed by atoms with Crippen molar-refractivity contribution in [1.82, 2.24) is 4.90 Å². The third-order valence-corrected chi connectivity index (χ3v) is 14.6. The van der Waals surface area contributed by atoms with Gasteiger partial charge in [-0.05, 0) is 56.7 Å². The average Bonchev–Trinajstić information content (AvgIpc) is 2.97. The van der Waals surface area contributed by atoms with Gasteiger partial charge in [-0.1, -0.05) is 162 Å². The quantitative estimate of drug-likeness (QED) is 0.0420. The summed E-state index contributed by atoms with van der Waals surface area (Å²) in [5.74, 6) is 0. The molecule has 0 aromatic rings. The number of nitrogens with zero attached hydrogens (tertiary/aromatic N) is 1. The van der Waals surface area contributed by atoms with Gasteiger partial charge in [0, 0.05) is 26.2 Å². The van der Waals surface area contributed by atoms with E-state index < -0.39 is 8.32 Å². The number of rotatable bonds is 33. The minimum absolute atomic E-state index is 0.191. The first-order valence-corrected chi connectivity index (χ1v) is 22.8. The van der Waals surface area contributed by atoms with Crippen molar-refractivity contribution in [2.75, 3.05) is 26.2 Å². The van der Waals surface area contributed by atoms with Crippen LogP contribution in [-0.2, 0) is 4.43 Å². The maximum Gasteiger partial charge on any atom is 0.192 e. The molecule has 0 saturated carbocycles. The molecular weight excluding hydrogens is 571 g/mol. The summed E-state index contributed by atoms with van der Waals surface area (Å²) >= 11 is 0. The van der Waals surface area contributed by atoms with Crippen LogP contribution in [0, 0.1) is 0 Å². The first-order chi connectivity index (χ1) is 21.5. The van der Waals surface area contributed by atoms with Crippen molar-refractivity contribution in [3.63, 3.8) is 0 Å². The maximum absolute atomic E-state index is 10.9. The van der Waals surface area contributed by atoms with Crippen LogP contribution in [0.25, 0.3) is 0 Å². The van der Waals surface area contributed by atoms with Crippen molar-refractivity contribution in [2.24, 2.45) is 0 Å². The zero-order chi connectivity index (χ0) is 33.7. The van der Waals surface area contributed by atoms with Gasteiger partial charge in [0.05, 0.1) is 12.2 Å². The van der Waals surface area contributed by atoms with Crippen LogP contribution in [0.2, 0.25) is 18.1 Å². The lowest BCUT2D eigenvalue weighted by molar-refractivity contribution is 0.0528. The lowest BCUT2D eigenvalue weighted by Crippen LogP contribution is -2.45. The van der Waals surface area contributed by atoms with E-state index in [0.29, 0.717) is 19.7 Å². The van der Waals surface area contributed by atoms with Crippen LogP contribution in [0.5, 0.6) is 0 Å². The van der Waals surface area contributed by atoms with Crippen LogP contribution in [0.15, 0.2) is 12.2 Å². The zero-order valence-corrected chi connectivity index (χ0v) is 32.9. The molecule has 0 saturated heterocycles. The first kappa shape index (κ1) is 44.8. The average molecular weight is 654 g/mol. The number of aliphatic hydroxyl groups is 2. The van der Waals surface area contributed by atoms with Gasteiger partial charge in [-0.3, -0.25) is 4.90 Å². The second kappa shape index (κ2) is 29.9. The summed E-state index contributed by atoms with van der Waals surface area (Å²) in [6, 6.07) is 0. The van der Waals surface area contributed by atoms with Gasteiger partial charge in [-0.25, -0.2) is 0 Å². The maximum atomic E-state index is 10.9. The van der Waals surface area contributed by atoms with Crippen molar-refractivity contribution in [2.45, 2.75) is 219 Å². The molecule has 2 N–H and O–H groups in total. The lowest BCUT2D eigenvalue weighted by Gasteiger charge is -2.37. The SMILES string of the molecule is CCCCCCCC/C=C\CCCCCCC(O)CN(CCO[Si](C)(C)C(C)(C)C)CC(O)CCCCCCCCCCCC. The molecule has 270 valence electrons. The molecule has 0 aliphatic rings. The van der Waals surface area contributed by atoms with Crippen molar-refractivity contribution in [3.05, 3.63) is 12.2 Å². The number of allylic oxidation sites excluding steroid dienone is 2. The second-order valence-corrected chi connectivity index (χ2v) is 20.5. The molecule has 4 nitrogen and oxygen atoms in total. The Kier molecular flexibility index (Phi) is 29.8. The molecule has 2 atom stereocenters.